The van der Waals surface area contributed by atoms with Gasteiger partial charge in [-0.05, 0) is 49.1 Å². The lowest BCUT2D eigenvalue weighted by Gasteiger charge is -2.37. The molecule has 0 saturated carbocycles. The highest BCUT2D eigenvalue weighted by atomic mass is 35.5. The number of aryl methyl sites for hydroxylation is 2. The minimum absolute atomic E-state index is 0.00760. The topological polar surface area (TPSA) is 122 Å². The average molecular weight is 687 g/mol. The molecule has 0 aliphatic carbocycles. The quantitative estimate of drug-likeness (QED) is 0.203. The van der Waals surface area contributed by atoms with E-state index in [9.17, 15) is 18.3 Å². The normalized spacial score (nSPS) is 18.3. The summed E-state index contributed by atoms with van der Waals surface area (Å²) in [6.07, 6.45) is 0.249. The van der Waals surface area contributed by atoms with E-state index in [0.29, 0.717) is 15.6 Å². The number of ether oxygens (including phenoxy) is 1. The first kappa shape index (κ1) is 31.9. The van der Waals surface area contributed by atoms with Crippen LogP contribution in [0.3, 0.4) is 0 Å². The van der Waals surface area contributed by atoms with Gasteiger partial charge in [-0.15, -0.1) is 0 Å². The predicted octanol–water partition coefficient (Wildman–Crippen LogP) is 7.89. The number of carbonyl (C=O) groups is 1. The molecule has 1 amide bonds. The molecule has 2 aliphatic heterocycles. The number of oxazole rings is 1. The summed E-state index contributed by atoms with van der Waals surface area (Å²) in [5.74, 6) is -1.46. The molecule has 9 nitrogen and oxygen atoms in total. The van der Waals surface area contributed by atoms with Gasteiger partial charge >= 0.3 is 0 Å². The molecule has 0 saturated heterocycles. The van der Waals surface area contributed by atoms with E-state index in [-0.39, 0.29) is 75.2 Å². The average Bonchev–Trinajstić information content (AvgIpc) is 3.22. The van der Waals surface area contributed by atoms with Gasteiger partial charge < -0.3 is 19.6 Å². The largest absolute Gasteiger partial charge is 0.506 e. The maximum Gasteiger partial charge on any atom is 0.281 e. The van der Waals surface area contributed by atoms with Crippen molar-refractivity contribution in [3.8, 4) is 11.5 Å². The number of carbonyl (C=O) groups excluding carboxylic acids is 1. The van der Waals surface area contributed by atoms with Crippen molar-refractivity contribution in [1.82, 2.24) is 4.98 Å². The van der Waals surface area contributed by atoms with Gasteiger partial charge in [0.25, 0.3) is 5.91 Å². The van der Waals surface area contributed by atoms with Crippen LogP contribution in [0.1, 0.15) is 59.6 Å². The number of nitrogens with one attached hydrogen (secondary N) is 1. The zero-order valence-corrected chi connectivity index (χ0v) is 27.6. The summed E-state index contributed by atoms with van der Waals surface area (Å²) < 4.78 is 56.1. The van der Waals surface area contributed by atoms with E-state index >= 15 is 4.39 Å². The molecule has 2 N–H and O–H groups in total. The van der Waals surface area contributed by atoms with Crippen LogP contribution in [0.15, 0.2) is 69.6 Å². The first-order valence-corrected chi connectivity index (χ1v) is 16.8. The van der Waals surface area contributed by atoms with Crippen molar-refractivity contribution in [2.45, 2.75) is 46.8 Å². The number of hydrogen-bond donors (Lipinski definition) is 2. The van der Waals surface area contributed by atoms with Crippen LogP contribution in [0.5, 0.6) is 11.5 Å². The number of anilines is 2. The van der Waals surface area contributed by atoms with Crippen LogP contribution in [0.4, 0.5) is 15.8 Å². The van der Waals surface area contributed by atoms with Crippen LogP contribution in [0, 0.1) is 25.1 Å². The van der Waals surface area contributed by atoms with Gasteiger partial charge in [-0.25, -0.2) is 17.8 Å². The van der Waals surface area contributed by atoms with E-state index < -0.39 is 33.0 Å². The van der Waals surface area contributed by atoms with E-state index in [2.05, 4.69) is 10.3 Å². The van der Waals surface area contributed by atoms with E-state index in [4.69, 9.17) is 32.4 Å². The van der Waals surface area contributed by atoms with Crippen LogP contribution in [-0.4, -0.2) is 30.2 Å². The Labute approximate surface area is 275 Å². The lowest BCUT2D eigenvalue weighted by molar-refractivity contribution is 0.0974. The molecule has 2 aliphatic rings. The molecule has 0 radical (unpaired) electrons. The number of phenols is 1. The first-order chi connectivity index (χ1) is 21.7. The molecule has 3 heterocycles. The Balaban J connectivity index is 1.55. The number of halogens is 3. The Hall–Kier alpha value is -4.06. The summed E-state index contributed by atoms with van der Waals surface area (Å²) >= 11 is 12.4. The Morgan fingerprint density at radius 3 is 2.61 bits per heavy atom. The molecule has 0 fully saturated rings. The van der Waals surface area contributed by atoms with Gasteiger partial charge in [0.2, 0.25) is 0 Å². The van der Waals surface area contributed by atoms with Crippen molar-refractivity contribution in [2.75, 3.05) is 16.0 Å². The minimum atomic E-state index is -4.11. The number of para-hydroxylation sites is 1. The Kier molecular flexibility index (Phi) is 8.07. The number of fused-ring (bicyclic) bond motifs is 1. The number of amides is 1. The molecule has 1 unspecified atom stereocenters. The zero-order valence-electron chi connectivity index (χ0n) is 25.3. The highest BCUT2D eigenvalue weighted by Crippen LogP contribution is 2.52. The summed E-state index contributed by atoms with van der Waals surface area (Å²) in [4.78, 5) is 19.7. The molecule has 46 heavy (non-hydrogen) atoms. The Morgan fingerprint density at radius 1 is 1.17 bits per heavy atom. The fraction of sp³-hybridized carbons (Fsp3) is 0.273. The van der Waals surface area contributed by atoms with Gasteiger partial charge in [-0.1, -0.05) is 55.2 Å². The third-order valence-corrected chi connectivity index (χ3v) is 11.1. The fourth-order valence-electron chi connectivity index (χ4n) is 6.09. The number of hydrogen-bond acceptors (Lipinski definition) is 8. The molecule has 240 valence electrons. The number of nitrogens with zero attached hydrogens (tertiary/aromatic N) is 2. The summed E-state index contributed by atoms with van der Waals surface area (Å²) in [6.45, 7) is 6.75. The summed E-state index contributed by atoms with van der Waals surface area (Å²) in [5, 5.41) is 14.8. The van der Waals surface area contributed by atoms with E-state index in [1.807, 2.05) is 13.8 Å². The van der Waals surface area contributed by atoms with Crippen molar-refractivity contribution in [3.63, 3.8) is 0 Å². The molecule has 0 spiro atoms. The second-order valence-electron chi connectivity index (χ2n) is 12.1. The monoisotopic (exact) mass is 685 g/mol. The van der Waals surface area contributed by atoms with Gasteiger partial charge in [-0.2, -0.15) is 0 Å². The number of rotatable bonds is 5. The predicted molar refractivity (Wildman–Crippen MR) is 174 cm³/mol. The maximum absolute atomic E-state index is 16.4. The molecule has 6 rings (SSSR count). The zero-order chi connectivity index (χ0) is 33.1. The molecular weight excluding hydrogens is 656 g/mol. The standard InChI is InChI=1S/C33H30Cl2FN3O6S/c1-17-28(37-18(2)45-17)32(41)39-25-9-6-10-26(40)29(25)38-24-14-33(3,4)16-46(42,43)31(24)30(39)21-12-11-20(13-23(21)36)44-15-19-7-5-8-22(34)27(19)35/h5-13,30,38,40H,14-16H2,1-4H3. The number of allylic oxidation sites excluding steroid dienone is 1. The van der Waals surface area contributed by atoms with Crippen molar-refractivity contribution < 1.29 is 31.9 Å². The molecule has 1 aromatic heterocycles. The third kappa shape index (κ3) is 5.72. The van der Waals surface area contributed by atoms with Gasteiger partial charge in [0.1, 0.15) is 41.4 Å². The lowest BCUT2D eigenvalue weighted by atomic mass is 9.88. The first-order valence-electron chi connectivity index (χ1n) is 14.3. The van der Waals surface area contributed by atoms with Gasteiger partial charge in [0, 0.05) is 29.8 Å². The Morgan fingerprint density at radius 2 is 1.91 bits per heavy atom. The number of aromatic hydroxyl groups is 1. The van der Waals surface area contributed by atoms with Crippen LogP contribution in [0.25, 0.3) is 0 Å². The molecule has 13 heteroatoms. The van der Waals surface area contributed by atoms with Crippen molar-refractivity contribution in [2.24, 2.45) is 5.41 Å². The number of sulfone groups is 1. The molecule has 3 aromatic carbocycles. The third-order valence-electron chi connectivity index (χ3n) is 7.95. The SMILES string of the molecule is Cc1nc(C(=O)N2c3cccc(O)c3NC3=C(C2c2ccc(OCc4cccc(Cl)c4Cl)cc2F)S(=O)(=O)CC(C)(C)C3)c(C)o1. The van der Waals surface area contributed by atoms with Crippen LogP contribution in [-0.2, 0) is 16.4 Å². The molecular formula is C33H30Cl2FN3O6S. The summed E-state index contributed by atoms with van der Waals surface area (Å²) in [5.41, 5.74) is 0.203. The van der Waals surface area contributed by atoms with Crippen molar-refractivity contribution >= 4 is 50.3 Å². The van der Waals surface area contributed by atoms with Crippen LogP contribution < -0.4 is 15.0 Å². The molecule has 0 bridgehead atoms. The summed E-state index contributed by atoms with van der Waals surface area (Å²) in [7, 11) is -4.11. The number of aromatic nitrogens is 1. The fourth-order valence-corrected chi connectivity index (χ4v) is 8.82. The second-order valence-corrected chi connectivity index (χ2v) is 14.9. The van der Waals surface area contributed by atoms with Crippen LogP contribution in [0.2, 0.25) is 10.0 Å². The minimum Gasteiger partial charge on any atom is -0.506 e. The van der Waals surface area contributed by atoms with Crippen LogP contribution >= 0.6 is 23.2 Å². The second kappa shape index (κ2) is 11.6. The molecule has 4 aromatic rings. The van der Waals surface area contributed by atoms with Gasteiger partial charge in [0.05, 0.1) is 26.4 Å². The van der Waals surface area contributed by atoms with Gasteiger partial charge in [-0.3, -0.25) is 9.69 Å². The highest BCUT2D eigenvalue weighted by Gasteiger charge is 2.48. The van der Waals surface area contributed by atoms with Crippen molar-refractivity contribution in [3.05, 3.63) is 110 Å². The van der Waals surface area contributed by atoms with Crippen molar-refractivity contribution in [1.29, 1.82) is 0 Å². The lowest BCUT2D eigenvalue weighted by Crippen LogP contribution is -2.41. The Bertz CT molecular complexity index is 2040. The maximum atomic E-state index is 16.4. The smallest absolute Gasteiger partial charge is 0.281 e. The van der Waals surface area contributed by atoms with Gasteiger partial charge in [0.15, 0.2) is 21.4 Å². The number of benzene rings is 3. The molecule has 1 atom stereocenters. The van der Waals surface area contributed by atoms with E-state index in [0.717, 1.165) is 11.0 Å². The number of phenolic OH excluding ortho intramolecular Hbond substituents is 1. The summed E-state index contributed by atoms with van der Waals surface area (Å²) in [6, 6.07) is 12.1. The van der Waals surface area contributed by atoms with E-state index in [1.54, 1.807) is 38.1 Å². The van der Waals surface area contributed by atoms with E-state index in [1.165, 1.54) is 24.3 Å². The highest BCUT2D eigenvalue weighted by molar-refractivity contribution is 7.95.